The number of anilines is 2. The van der Waals surface area contributed by atoms with Gasteiger partial charge in [0.05, 0.1) is 22.5 Å². The molecule has 130 valence electrons. The number of sulfone groups is 1. The Kier molecular flexibility index (Phi) is 4.30. The molecule has 0 amide bonds. The third kappa shape index (κ3) is 3.69. The van der Waals surface area contributed by atoms with E-state index in [2.05, 4.69) is 20.4 Å². The third-order valence-electron chi connectivity index (χ3n) is 3.79. The molecule has 0 aliphatic carbocycles. The standard InChI is InChI=1S/C17H19N5O2S/c1-11-5-6-13(7-15(11)25(4,23)24)16-12(2)8-18-17(21-16)20-14-9-19-22(3)10-14/h5-10H,1-4H3,(H,18,20,21). The van der Waals surface area contributed by atoms with Crippen LogP contribution in [0.15, 0.2) is 41.7 Å². The first kappa shape index (κ1) is 17.1. The molecule has 2 heterocycles. The van der Waals surface area contributed by atoms with Gasteiger partial charge in [0.2, 0.25) is 5.95 Å². The highest BCUT2D eigenvalue weighted by Crippen LogP contribution is 2.27. The van der Waals surface area contributed by atoms with Gasteiger partial charge in [-0.1, -0.05) is 12.1 Å². The molecule has 25 heavy (non-hydrogen) atoms. The van der Waals surface area contributed by atoms with Crippen molar-refractivity contribution in [1.82, 2.24) is 19.7 Å². The van der Waals surface area contributed by atoms with Crippen LogP contribution in [0.25, 0.3) is 11.3 Å². The van der Waals surface area contributed by atoms with Gasteiger partial charge in [-0.2, -0.15) is 5.10 Å². The minimum Gasteiger partial charge on any atom is -0.321 e. The molecule has 0 saturated carbocycles. The van der Waals surface area contributed by atoms with Crippen molar-refractivity contribution in [1.29, 1.82) is 0 Å². The van der Waals surface area contributed by atoms with Crippen molar-refractivity contribution in [3.8, 4) is 11.3 Å². The quantitative estimate of drug-likeness (QED) is 0.772. The fourth-order valence-corrected chi connectivity index (χ4v) is 3.55. The highest BCUT2D eigenvalue weighted by molar-refractivity contribution is 7.90. The zero-order valence-corrected chi connectivity index (χ0v) is 15.3. The average molecular weight is 357 g/mol. The Labute approximate surface area is 146 Å². The Morgan fingerprint density at radius 2 is 1.88 bits per heavy atom. The summed E-state index contributed by atoms with van der Waals surface area (Å²) in [5, 5.41) is 7.19. The average Bonchev–Trinajstić information content (AvgIpc) is 2.94. The van der Waals surface area contributed by atoms with Crippen LogP contribution in [0.3, 0.4) is 0 Å². The van der Waals surface area contributed by atoms with Crippen LogP contribution in [0, 0.1) is 13.8 Å². The van der Waals surface area contributed by atoms with Gasteiger partial charge in [-0.15, -0.1) is 0 Å². The topological polar surface area (TPSA) is 89.8 Å². The van der Waals surface area contributed by atoms with Gasteiger partial charge in [-0.3, -0.25) is 4.68 Å². The molecular weight excluding hydrogens is 338 g/mol. The van der Waals surface area contributed by atoms with Gasteiger partial charge in [0.15, 0.2) is 9.84 Å². The molecule has 0 bridgehead atoms. The second-order valence-electron chi connectivity index (χ2n) is 6.01. The van der Waals surface area contributed by atoms with Gasteiger partial charge in [0, 0.05) is 31.3 Å². The van der Waals surface area contributed by atoms with E-state index in [4.69, 9.17) is 0 Å². The molecule has 0 atom stereocenters. The van der Waals surface area contributed by atoms with Gasteiger partial charge < -0.3 is 5.32 Å². The highest BCUT2D eigenvalue weighted by atomic mass is 32.2. The van der Waals surface area contributed by atoms with Gasteiger partial charge in [0.25, 0.3) is 0 Å². The minimum atomic E-state index is -3.30. The summed E-state index contributed by atoms with van der Waals surface area (Å²) < 4.78 is 25.6. The van der Waals surface area contributed by atoms with Crippen molar-refractivity contribution in [2.45, 2.75) is 18.7 Å². The maximum atomic E-state index is 12.0. The molecule has 0 saturated heterocycles. The van der Waals surface area contributed by atoms with E-state index in [-0.39, 0.29) is 0 Å². The van der Waals surface area contributed by atoms with E-state index < -0.39 is 9.84 Å². The Hall–Kier alpha value is -2.74. The summed E-state index contributed by atoms with van der Waals surface area (Å²) >= 11 is 0. The lowest BCUT2D eigenvalue weighted by Gasteiger charge is -2.10. The smallest absolute Gasteiger partial charge is 0.227 e. The van der Waals surface area contributed by atoms with Crippen molar-refractivity contribution in [2.24, 2.45) is 7.05 Å². The summed E-state index contributed by atoms with van der Waals surface area (Å²) in [5.74, 6) is 0.426. The molecule has 0 unspecified atom stereocenters. The largest absolute Gasteiger partial charge is 0.321 e. The highest BCUT2D eigenvalue weighted by Gasteiger charge is 2.14. The van der Waals surface area contributed by atoms with E-state index in [9.17, 15) is 8.42 Å². The molecule has 3 aromatic rings. The van der Waals surface area contributed by atoms with Crippen molar-refractivity contribution in [2.75, 3.05) is 11.6 Å². The number of benzene rings is 1. The van der Waals surface area contributed by atoms with Crippen molar-refractivity contribution >= 4 is 21.5 Å². The van der Waals surface area contributed by atoms with Crippen molar-refractivity contribution in [3.05, 3.63) is 47.9 Å². The van der Waals surface area contributed by atoms with E-state index in [1.165, 1.54) is 6.26 Å². The molecule has 3 rings (SSSR count). The second kappa shape index (κ2) is 6.29. The first-order chi connectivity index (χ1) is 11.7. The maximum absolute atomic E-state index is 12.0. The zero-order chi connectivity index (χ0) is 18.2. The monoisotopic (exact) mass is 357 g/mol. The lowest BCUT2D eigenvalue weighted by molar-refractivity contribution is 0.601. The number of hydrogen-bond acceptors (Lipinski definition) is 6. The molecule has 0 spiro atoms. The summed E-state index contributed by atoms with van der Waals surface area (Å²) in [6.07, 6.45) is 6.41. The summed E-state index contributed by atoms with van der Waals surface area (Å²) in [6, 6.07) is 5.32. The summed E-state index contributed by atoms with van der Waals surface area (Å²) in [4.78, 5) is 9.14. The van der Waals surface area contributed by atoms with Crippen LogP contribution in [0.4, 0.5) is 11.6 Å². The predicted octanol–water partition coefficient (Wildman–Crippen LogP) is 2.64. The fraction of sp³-hybridized carbons (Fsp3) is 0.235. The molecular formula is C17H19N5O2S. The van der Waals surface area contributed by atoms with Crippen LogP contribution in [0.1, 0.15) is 11.1 Å². The fourth-order valence-electron chi connectivity index (χ4n) is 2.56. The number of aryl methyl sites for hydroxylation is 3. The van der Waals surface area contributed by atoms with Crippen molar-refractivity contribution in [3.63, 3.8) is 0 Å². The van der Waals surface area contributed by atoms with Gasteiger partial charge >= 0.3 is 0 Å². The summed E-state index contributed by atoms with van der Waals surface area (Å²) in [6.45, 7) is 3.67. The molecule has 0 aliphatic rings. The van der Waals surface area contributed by atoms with Gasteiger partial charge in [-0.05, 0) is 31.0 Å². The predicted molar refractivity (Wildman–Crippen MR) is 96.5 cm³/mol. The van der Waals surface area contributed by atoms with E-state index >= 15 is 0 Å². The normalized spacial score (nSPS) is 11.5. The molecule has 8 heteroatoms. The second-order valence-corrected chi connectivity index (χ2v) is 7.99. The van der Waals surface area contributed by atoms with Crippen LogP contribution in [-0.2, 0) is 16.9 Å². The van der Waals surface area contributed by atoms with Crippen LogP contribution in [0.5, 0.6) is 0 Å². The lowest BCUT2D eigenvalue weighted by Crippen LogP contribution is -2.02. The molecule has 7 nitrogen and oxygen atoms in total. The minimum absolute atomic E-state index is 0.310. The Morgan fingerprint density at radius 1 is 1.12 bits per heavy atom. The Balaban J connectivity index is 2.04. The molecule has 0 radical (unpaired) electrons. The lowest BCUT2D eigenvalue weighted by atomic mass is 10.1. The van der Waals surface area contributed by atoms with Crippen molar-refractivity contribution < 1.29 is 8.42 Å². The Bertz CT molecular complexity index is 1040. The first-order valence-electron chi connectivity index (χ1n) is 7.64. The zero-order valence-electron chi connectivity index (χ0n) is 14.5. The number of rotatable bonds is 4. The molecule has 0 fully saturated rings. The number of aromatic nitrogens is 4. The maximum Gasteiger partial charge on any atom is 0.227 e. The van der Waals surface area contributed by atoms with Crippen LogP contribution >= 0.6 is 0 Å². The van der Waals surface area contributed by atoms with Gasteiger partial charge in [0.1, 0.15) is 0 Å². The van der Waals surface area contributed by atoms with Crippen LogP contribution in [-0.4, -0.2) is 34.4 Å². The molecule has 1 N–H and O–H groups in total. The summed E-state index contributed by atoms with van der Waals surface area (Å²) in [7, 11) is -1.48. The van der Waals surface area contributed by atoms with E-state index in [0.717, 1.165) is 16.8 Å². The number of hydrogen-bond donors (Lipinski definition) is 1. The molecule has 1 aromatic carbocycles. The number of nitrogens with one attached hydrogen (secondary N) is 1. The number of nitrogens with zero attached hydrogens (tertiary/aromatic N) is 4. The first-order valence-corrected chi connectivity index (χ1v) is 9.53. The van der Waals surface area contributed by atoms with E-state index in [1.807, 2.05) is 26.2 Å². The Morgan fingerprint density at radius 3 is 2.52 bits per heavy atom. The van der Waals surface area contributed by atoms with E-state index in [1.54, 1.807) is 36.1 Å². The molecule has 0 aliphatic heterocycles. The third-order valence-corrected chi connectivity index (χ3v) is 5.03. The van der Waals surface area contributed by atoms with Crippen LogP contribution in [0.2, 0.25) is 0 Å². The van der Waals surface area contributed by atoms with Crippen LogP contribution < -0.4 is 5.32 Å². The summed E-state index contributed by atoms with van der Waals surface area (Å²) in [5.41, 5.74) is 3.77. The van der Waals surface area contributed by atoms with Gasteiger partial charge in [-0.25, -0.2) is 18.4 Å². The molecule has 2 aromatic heterocycles. The SMILES string of the molecule is Cc1ccc(-c2nc(Nc3cnn(C)c3)ncc2C)cc1S(C)(=O)=O. The van der Waals surface area contributed by atoms with E-state index in [0.29, 0.717) is 22.1 Å².